The molecule has 19 heavy (non-hydrogen) atoms. The molecule has 0 aliphatic carbocycles. The van der Waals surface area contributed by atoms with E-state index in [0.29, 0.717) is 23.5 Å². The van der Waals surface area contributed by atoms with Crippen LogP contribution in [0.1, 0.15) is 10.4 Å². The van der Waals surface area contributed by atoms with E-state index in [-0.39, 0.29) is 6.61 Å². The summed E-state index contributed by atoms with van der Waals surface area (Å²) in [5.41, 5.74) is 17.2. The van der Waals surface area contributed by atoms with Crippen molar-refractivity contribution in [2.24, 2.45) is 11.5 Å². The van der Waals surface area contributed by atoms with Crippen molar-refractivity contribution < 1.29 is 14.3 Å². The maximum Gasteiger partial charge on any atom is 0.404 e. The van der Waals surface area contributed by atoms with E-state index in [4.69, 9.17) is 17.2 Å². The van der Waals surface area contributed by atoms with Crippen LogP contribution in [0.3, 0.4) is 0 Å². The molecule has 0 heterocycles. The lowest BCUT2D eigenvalue weighted by Gasteiger charge is -2.08. The number of carbonyl (C=O) groups is 2. The summed E-state index contributed by atoms with van der Waals surface area (Å²) in [7, 11) is 0. The van der Waals surface area contributed by atoms with Crippen molar-refractivity contribution in [3.05, 3.63) is 35.9 Å². The maximum atomic E-state index is 10.9. The molecule has 0 radical (unpaired) electrons. The average molecular weight is 264 g/mol. The Hall–Kier alpha value is -2.70. The SMILES string of the molecule is NC(=O)OCC=CCNc1ccc(C(N)=O)cc1N. The lowest BCUT2D eigenvalue weighted by atomic mass is 10.1. The predicted molar refractivity (Wildman–Crippen MR) is 72.5 cm³/mol. The average Bonchev–Trinajstić information content (AvgIpc) is 2.34. The lowest BCUT2D eigenvalue weighted by Crippen LogP contribution is -2.13. The smallest absolute Gasteiger partial charge is 0.404 e. The quantitative estimate of drug-likeness (QED) is 0.436. The number of rotatable bonds is 6. The minimum absolute atomic E-state index is 0.118. The molecule has 0 saturated carbocycles. The van der Waals surface area contributed by atoms with Crippen molar-refractivity contribution in [1.82, 2.24) is 0 Å². The number of nitrogen functional groups attached to an aromatic ring is 1. The van der Waals surface area contributed by atoms with Gasteiger partial charge in [0.15, 0.2) is 0 Å². The Kier molecular flexibility index (Phi) is 5.21. The molecule has 7 heteroatoms. The fourth-order valence-corrected chi connectivity index (χ4v) is 1.33. The van der Waals surface area contributed by atoms with Crippen LogP contribution in [0, 0.1) is 0 Å². The van der Waals surface area contributed by atoms with E-state index in [1.165, 1.54) is 6.07 Å². The second-order valence-electron chi connectivity index (χ2n) is 3.65. The summed E-state index contributed by atoms with van der Waals surface area (Å²) >= 11 is 0. The summed E-state index contributed by atoms with van der Waals surface area (Å²) in [5.74, 6) is -0.526. The van der Waals surface area contributed by atoms with Gasteiger partial charge < -0.3 is 27.3 Å². The largest absolute Gasteiger partial charge is 0.445 e. The first-order valence-corrected chi connectivity index (χ1v) is 5.51. The van der Waals surface area contributed by atoms with Gasteiger partial charge in [0.1, 0.15) is 6.61 Å². The van der Waals surface area contributed by atoms with Gasteiger partial charge in [0.05, 0.1) is 11.4 Å². The highest BCUT2D eigenvalue weighted by atomic mass is 16.5. The Morgan fingerprint density at radius 1 is 1.26 bits per heavy atom. The van der Waals surface area contributed by atoms with E-state index in [1.807, 2.05) is 0 Å². The fraction of sp³-hybridized carbons (Fsp3) is 0.167. The van der Waals surface area contributed by atoms with Gasteiger partial charge >= 0.3 is 6.09 Å². The summed E-state index contributed by atoms with van der Waals surface area (Å²) in [6, 6.07) is 4.76. The molecular formula is C12H16N4O3. The topological polar surface area (TPSA) is 133 Å². The summed E-state index contributed by atoms with van der Waals surface area (Å²) in [4.78, 5) is 21.2. The molecule has 0 aliphatic heterocycles. The molecule has 1 rings (SSSR count). The summed E-state index contributed by atoms with van der Waals surface area (Å²) in [5, 5.41) is 3.03. The number of amides is 2. The summed E-state index contributed by atoms with van der Waals surface area (Å²) < 4.78 is 4.51. The van der Waals surface area contributed by atoms with Crippen LogP contribution < -0.4 is 22.5 Å². The number of nitrogens with one attached hydrogen (secondary N) is 1. The van der Waals surface area contributed by atoms with Crippen LogP contribution in [-0.2, 0) is 4.74 Å². The maximum absolute atomic E-state index is 10.9. The molecule has 0 spiro atoms. The van der Waals surface area contributed by atoms with Crippen molar-refractivity contribution in [3.63, 3.8) is 0 Å². The second kappa shape index (κ2) is 6.90. The second-order valence-corrected chi connectivity index (χ2v) is 3.65. The first kappa shape index (κ1) is 14.4. The van der Waals surface area contributed by atoms with Gasteiger partial charge in [-0.2, -0.15) is 0 Å². The van der Waals surface area contributed by atoms with Gasteiger partial charge in [0.25, 0.3) is 0 Å². The first-order valence-electron chi connectivity index (χ1n) is 5.51. The van der Waals surface area contributed by atoms with Crippen LogP contribution in [-0.4, -0.2) is 25.2 Å². The molecule has 7 nitrogen and oxygen atoms in total. The van der Waals surface area contributed by atoms with Gasteiger partial charge in [0, 0.05) is 12.1 Å². The molecular weight excluding hydrogens is 248 g/mol. The van der Waals surface area contributed by atoms with Gasteiger partial charge in [-0.1, -0.05) is 6.08 Å². The Morgan fingerprint density at radius 2 is 2.00 bits per heavy atom. The zero-order chi connectivity index (χ0) is 14.3. The molecule has 0 saturated heterocycles. The molecule has 1 aromatic carbocycles. The highest BCUT2D eigenvalue weighted by Gasteiger charge is 2.03. The Labute approximate surface area is 110 Å². The van der Waals surface area contributed by atoms with Crippen LogP contribution in [0.25, 0.3) is 0 Å². The van der Waals surface area contributed by atoms with Crippen LogP contribution >= 0.6 is 0 Å². The highest BCUT2D eigenvalue weighted by Crippen LogP contribution is 2.19. The number of primary amides is 2. The number of carbonyl (C=O) groups excluding carboxylic acids is 2. The fourth-order valence-electron chi connectivity index (χ4n) is 1.33. The van der Waals surface area contributed by atoms with E-state index in [9.17, 15) is 9.59 Å². The van der Waals surface area contributed by atoms with E-state index in [2.05, 4.69) is 10.1 Å². The van der Waals surface area contributed by atoms with Gasteiger partial charge in [0.2, 0.25) is 5.91 Å². The van der Waals surface area contributed by atoms with Gasteiger partial charge in [-0.05, 0) is 24.3 Å². The number of ether oxygens (including phenoxy) is 1. The molecule has 0 unspecified atom stereocenters. The van der Waals surface area contributed by atoms with E-state index < -0.39 is 12.0 Å². The lowest BCUT2D eigenvalue weighted by molar-refractivity contribution is 0.1000. The molecule has 1 aromatic rings. The third-order valence-electron chi connectivity index (χ3n) is 2.23. The Morgan fingerprint density at radius 3 is 2.58 bits per heavy atom. The monoisotopic (exact) mass is 264 g/mol. The normalized spacial score (nSPS) is 10.3. The molecule has 102 valence electrons. The van der Waals surface area contributed by atoms with Crippen LogP contribution in [0.4, 0.5) is 16.2 Å². The molecule has 0 atom stereocenters. The van der Waals surface area contributed by atoms with Crippen LogP contribution in [0.5, 0.6) is 0 Å². The third kappa shape index (κ3) is 4.99. The predicted octanol–water partition coefficient (Wildman–Crippen LogP) is 0.431. The van der Waals surface area contributed by atoms with Crippen LogP contribution in [0.15, 0.2) is 30.4 Å². The van der Waals surface area contributed by atoms with Crippen molar-refractivity contribution in [3.8, 4) is 0 Å². The van der Waals surface area contributed by atoms with Gasteiger partial charge in [-0.3, -0.25) is 4.79 Å². The summed E-state index contributed by atoms with van der Waals surface area (Å²) in [6.45, 7) is 0.606. The number of nitrogens with two attached hydrogens (primary N) is 3. The van der Waals surface area contributed by atoms with E-state index >= 15 is 0 Å². The molecule has 0 fully saturated rings. The number of hydrogen-bond acceptors (Lipinski definition) is 5. The van der Waals surface area contributed by atoms with Crippen molar-refractivity contribution in [2.45, 2.75) is 0 Å². The van der Waals surface area contributed by atoms with Crippen molar-refractivity contribution in [2.75, 3.05) is 24.2 Å². The van der Waals surface area contributed by atoms with Gasteiger partial charge in [-0.25, -0.2) is 4.79 Å². The zero-order valence-corrected chi connectivity index (χ0v) is 10.3. The van der Waals surface area contributed by atoms with Crippen molar-refractivity contribution in [1.29, 1.82) is 0 Å². The van der Waals surface area contributed by atoms with E-state index in [0.717, 1.165) is 0 Å². The summed E-state index contributed by atoms with van der Waals surface area (Å²) in [6.07, 6.45) is 2.58. The molecule has 0 aromatic heterocycles. The third-order valence-corrected chi connectivity index (χ3v) is 2.23. The molecule has 7 N–H and O–H groups in total. The Balaban J connectivity index is 2.45. The van der Waals surface area contributed by atoms with Crippen molar-refractivity contribution >= 4 is 23.4 Å². The zero-order valence-electron chi connectivity index (χ0n) is 10.3. The standard InChI is InChI=1S/C12H16N4O3/c13-9-7-8(11(14)17)3-4-10(9)16-5-1-2-6-19-12(15)18/h1-4,7,16H,5-6,13H2,(H2,14,17)(H2,15,18). The van der Waals surface area contributed by atoms with Gasteiger partial charge in [-0.15, -0.1) is 0 Å². The number of anilines is 2. The van der Waals surface area contributed by atoms with Crippen LogP contribution in [0.2, 0.25) is 0 Å². The minimum Gasteiger partial charge on any atom is -0.445 e. The minimum atomic E-state index is -0.816. The number of hydrogen-bond donors (Lipinski definition) is 4. The molecule has 0 bridgehead atoms. The Bertz CT molecular complexity index is 500. The van der Waals surface area contributed by atoms with E-state index in [1.54, 1.807) is 24.3 Å². The number of benzene rings is 1. The molecule has 2 amide bonds. The highest BCUT2D eigenvalue weighted by molar-refractivity contribution is 5.94. The molecule has 0 aliphatic rings. The first-order chi connectivity index (χ1) is 9.00.